The maximum Gasteiger partial charge on any atom is 0.232 e. The monoisotopic (exact) mass is 546 g/mol. The quantitative estimate of drug-likeness (QED) is 0.268. The van der Waals surface area contributed by atoms with E-state index in [0.717, 1.165) is 25.1 Å². The fourth-order valence-corrected chi connectivity index (χ4v) is 3.61. The summed E-state index contributed by atoms with van der Waals surface area (Å²) in [5, 5.41) is 6.69. The average Bonchev–Trinajstić information content (AvgIpc) is 2.78. The van der Waals surface area contributed by atoms with Gasteiger partial charge in [-0.1, -0.05) is 44.2 Å². The average molecular weight is 546 g/mol. The Morgan fingerprint density at radius 3 is 2.45 bits per heavy atom. The minimum Gasteiger partial charge on any atom is -0.378 e. The molecule has 176 valence electrons. The summed E-state index contributed by atoms with van der Waals surface area (Å²) in [6.45, 7) is 10.8. The predicted octanol–water partition coefficient (Wildman–Crippen LogP) is 2.86. The number of nitrogens with zero attached hydrogens (tertiary/aromatic N) is 2. The lowest BCUT2D eigenvalue weighted by Gasteiger charge is -2.31. The SMILES string of the molecule is CCOC(CCNC(=NC)NCC(C(=O)N1CCOCC1)c1ccccc1)C(C)C.I. The summed E-state index contributed by atoms with van der Waals surface area (Å²) in [5.74, 6) is 1.03. The van der Waals surface area contributed by atoms with Crippen LogP contribution in [0.3, 0.4) is 0 Å². The molecular weight excluding hydrogens is 507 g/mol. The smallest absolute Gasteiger partial charge is 0.232 e. The number of morpholine rings is 1. The zero-order valence-electron chi connectivity index (χ0n) is 19.3. The molecule has 1 aromatic carbocycles. The van der Waals surface area contributed by atoms with Crippen LogP contribution in [0.4, 0.5) is 0 Å². The van der Waals surface area contributed by atoms with Crippen LogP contribution in [0.25, 0.3) is 0 Å². The number of ether oxygens (including phenoxy) is 2. The van der Waals surface area contributed by atoms with E-state index in [1.807, 2.05) is 42.2 Å². The van der Waals surface area contributed by atoms with Crippen molar-refractivity contribution in [2.24, 2.45) is 10.9 Å². The molecule has 1 heterocycles. The highest BCUT2D eigenvalue weighted by Gasteiger charge is 2.27. The summed E-state index contributed by atoms with van der Waals surface area (Å²) >= 11 is 0. The van der Waals surface area contributed by atoms with Crippen molar-refractivity contribution in [1.29, 1.82) is 0 Å². The summed E-state index contributed by atoms with van der Waals surface area (Å²) < 4.78 is 11.2. The van der Waals surface area contributed by atoms with Gasteiger partial charge in [0, 0.05) is 39.8 Å². The molecular formula is C23H39IN4O3. The number of nitrogens with one attached hydrogen (secondary N) is 2. The van der Waals surface area contributed by atoms with Crippen LogP contribution in [-0.2, 0) is 14.3 Å². The zero-order valence-corrected chi connectivity index (χ0v) is 21.6. The maximum absolute atomic E-state index is 13.2. The molecule has 1 fully saturated rings. The number of benzene rings is 1. The van der Waals surface area contributed by atoms with Gasteiger partial charge in [-0.05, 0) is 24.8 Å². The molecule has 7 nitrogen and oxygen atoms in total. The van der Waals surface area contributed by atoms with E-state index in [9.17, 15) is 4.79 Å². The Kier molecular flexibility index (Phi) is 13.7. The molecule has 0 spiro atoms. The van der Waals surface area contributed by atoms with E-state index in [-0.39, 0.29) is 41.9 Å². The van der Waals surface area contributed by atoms with E-state index in [4.69, 9.17) is 9.47 Å². The van der Waals surface area contributed by atoms with Crippen LogP contribution in [0.2, 0.25) is 0 Å². The van der Waals surface area contributed by atoms with Crippen molar-refractivity contribution in [3.05, 3.63) is 35.9 Å². The van der Waals surface area contributed by atoms with E-state index in [1.165, 1.54) is 0 Å². The van der Waals surface area contributed by atoms with Gasteiger partial charge >= 0.3 is 0 Å². The van der Waals surface area contributed by atoms with Crippen LogP contribution in [0.5, 0.6) is 0 Å². The van der Waals surface area contributed by atoms with Crippen molar-refractivity contribution in [1.82, 2.24) is 15.5 Å². The number of halogens is 1. The zero-order chi connectivity index (χ0) is 21.8. The van der Waals surface area contributed by atoms with E-state index in [1.54, 1.807) is 7.05 Å². The molecule has 1 saturated heterocycles. The number of hydrogen-bond donors (Lipinski definition) is 2. The van der Waals surface area contributed by atoms with Gasteiger partial charge in [-0.2, -0.15) is 0 Å². The van der Waals surface area contributed by atoms with Gasteiger partial charge < -0.3 is 25.0 Å². The second-order valence-corrected chi connectivity index (χ2v) is 7.81. The van der Waals surface area contributed by atoms with Crippen LogP contribution in [0.1, 0.15) is 38.7 Å². The Bertz CT molecular complexity index is 651. The second kappa shape index (κ2) is 15.4. The van der Waals surface area contributed by atoms with Gasteiger partial charge in [-0.15, -0.1) is 24.0 Å². The van der Waals surface area contributed by atoms with Gasteiger partial charge in [0.1, 0.15) is 0 Å². The third-order valence-electron chi connectivity index (χ3n) is 5.37. The molecule has 0 radical (unpaired) electrons. The van der Waals surface area contributed by atoms with Gasteiger partial charge in [-0.25, -0.2) is 0 Å². The maximum atomic E-state index is 13.2. The summed E-state index contributed by atoms with van der Waals surface area (Å²) in [6.07, 6.45) is 1.13. The molecule has 0 saturated carbocycles. The van der Waals surface area contributed by atoms with Crippen LogP contribution >= 0.6 is 24.0 Å². The molecule has 0 bridgehead atoms. The third kappa shape index (κ3) is 9.33. The number of guanidine groups is 1. The Balaban J connectivity index is 0.00000480. The standard InChI is InChI=1S/C23H38N4O3.HI/c1-5-30-21(18(2)3)11-12-25-23(24-4)26-17-20(19-9-7-6-8-10-19)22(28)27-13-15-29-16-14-27;/h6-10,18,20-21H,5,11-17H2,1-4H3,(H2,24,25,26);1H. The topological polar surface area (TPSA) is 75.2 Å². The summed E-state index contributed by atoms with van der Waals surface area (Å²) in [6, 6.07) is 9.94. The first-order valence-corrected chi connectivity index (χ1v) is 11.0. The normalized spacial score (nSPS) is 16.4. The summed E-state index contributed by atoms with van der Waals surface area (Å²) in [5.41, 5.74) is 1.01. The van der Waals surface area contributed by atoms with E-state index < -0.39 is 0 Å². The minimum absolute atomic E-state index is 0. The van der Waals surface area contributed by atoms with Crippen molar-refractivity contribution in [2.45, 2.75) is 39.2 Å². The van der Waals surface area contributed by atoms with Gasteiger partial charge in [0.05, 0.1) is 25.2 Å². The first-order chi connectivity index (χ1) is 14.6. The molecule has 2 unspecified atom stereocenters. The summed E-state index contributed by atoms with van der Waals surface area (Å²) in [7, 11) is 1.75. The third-order valence-corrected chi connectivity index (χ3v) is 5.37. The van der Waals surface area contributed by atoms with Gasteiger partial charge in [0.15, 0.2) is 5.96 Å². The summed E-state index contributed by atoms with van der Waals surface area (Å²) in [4.78, 5) is 19.4. The Hall–Kier alpha value is -1.39. The molecule has 1 aliphatic rings. The highest BCUT2D eigenvalue weighted by atomic mass is 127. The number of amides is 1. The highest BCUT2D eigenvalue weighted by molar-refractivity contribution is 14.0. The Morgan fingerprint density at radius 1 is 1.19 bits per heavy atom. The van der Waals surface area contributed by atoms with Crippen molar-refractivity contribution in [2.75, 3.05) is 53.0 Å². The van der Waals surface area contributed by atoms with E-state index >= 15 is 0 Å². The molecule has 0 aromatic heterocycles. The molecule has 1 amide bonds. The number of hydrogen-bond acceptors (Lipinski definition) is 4. The van der Waals surface area contributed by atoms with Crippen molar-refractivity contribution < 1.29 is 14.3 Å². The number of rotatable bonds is 10. The minimum atomic E-state index is -0.269. The van der Waals surface area contributed by atoms with Crippen molar-refractivity contribution >= 4 is 35.8 Å². The molecule has 1 aliphatic heterocycles. The lowest BCUT2D eigenvalue weighted by Crippen LogP contribution is -2.47. The second-order valence-electron chi connectivity index (χ2n) is 7.81. The first-order valence-electron chi connectivity index (χ1n) is 11.0. The van der Waals surface area contributed by atoms with Crippen LogP contribution in [-0.4, -0.2) is 75.9 Å². The molecule has 2 N–H and O–H groups in total. The van der Waals surface area contributed by atoms with Crippen molar-refractivity contribution in [3.63, 3.8) is 0 Å². The first kappa shape index (κ1) is 27.6. The molecule has 31 heavy (non-hydrogen) atoms. The number of carbonyl (C=O) groups is 1. The van der Waals surface area contributed by atoms with Crippen molar-refractivity contribution in [3.8, 4) is 0 Å². The predicted molar refractivity (Wildman–Crippen MR) is 136 cm³/mol. The lowest BCUT2D eigenvalue weighted by atomic mass is 9.97. The van der Waals surface area contributed by atoms with Crippen LogP contribution < -0.4 is 10.6 Å². The highest BCUT2D eigenvalue weighted by Crippen LogP contribution is 2.19. The van der Waals surface area contributed by atoms with Gasteiger partial charge in [0.2, 0.25) is 5.91 Å². The van der Waals surface area contributed by atoms with Gasteiger partial charge in [-0.3, -0.25) is 9.79 Å². The fourth-order valence-electron chi connectivity index (χ4n) is 3.61. The molecule has 2 rings (SSSR count). The lowest BCUT2D eigenvalue weighted by molar-refractivity contribution is -0.136. The molecule has 1 aromatic rings. The Morgan fingerprint density at radius 2 is 1.87 bits per heavy atom. The largest absolute Gasteiger partial charge is 0.378 e. The molecule has 0 aliphatic carbocycles. The number of aliphatic imine (C=N–C) groups is 1. The van der Waals surface area contributed by atoms with Crippen LogP contribution in [0.15, 0.2) is 35.3 Å². The van der Waals surface area contributed by atoms with Crippen LogP contribution in [0, 0.1) is 5.92 Å². The molecule has 8 heteroatoms. The van der Waals surface area contributed by atoms with E-state index in [0.29, 0.717) is 44.7 Å². The number of carbonyl (C=O) groups excluding carboxylic acids is 1. The molecule has 2 atom stereocenters. The van der Waals surface area contributed by atoms with Gasteiger partial charge in [0.25, 0.3) is 0 Å². The van der Waals surface area contributed by atoms with E-state index in [2.05, 4.69) is 29.5 Å². The Labute approximate surface area is 204 Å². The fraction of sp³-hybridized carbons (Fsp3) is 0.652.